The number of benzene rings is 2. The molecule has 0 spiro atoms. The lowest BCUT2D eigenvalue weighted by Crippen LogP contribution is -2.20. The van der Waals surface area contributed by atoms with Gasteiger partial charge in [0.1, 0.15) is 18.6 Å². The number of carbonyl (C=O) groups is 1. The molecule has 0 aliphatic carbocycles. The van der Waals surface area contributed by atoms with E-state index in [0.717, 1.165) is 11.8 Å². The number of para-hydroxylation sites is 1. The number of hydrogen-bond acceptors (Lipinski definition) is 5. The Morgan fingerprint density at radius 3 is 2.60 bits per heavy atom. The van der Waals surface area contributed by atoms with Crippen LogP contribution >= 0.6 is 0 Å². The second-order valence-electron chi connectivity index (χ2n) is 5.61. The molecule has 0 aliphatic heterocycles. The third kappa shape index (κ3) is 2.46. The predicted molar refractivity (Wildman–Crippen MR) is 91.9 cm³/mol. The van der Waals surface area contributed by atoms with Crippen LogP contribution in [-0.4, -0.2) is 25.5 Å². The number of aromatic nitrogens is 4. The Kier molecular flexibility index (Phi) is 3.53. The summed E-state index contributed by atoms with van der Waals surface area (Å²) in [6, 6.07) is 14.1. The lowest BCUT2D eigenvalue weighted by atomic mass is 10.2. The maximum atomic E-state index is 12.4. The summed E-state index contributed by atoms with van der Waals surface area (Å²) >= 11 is 0. The fourth-order valence-electron chi connectivity index (χ4n) is 2.78. The molecule has 0 fully saturated rings. The van der Waals surface area contributed by atoms with Gasteiger partial charge in [0.25, 0.3) is 5.56 Å². The molecule has 7 heteroatoms. The minimum absolute atomic E-state index is 0.118. The maximum Gasteiger partial charge on any atom is 0.262 e. The van der Waals surface area contributed by atoms with E-state index in [1.807, 2.05) is 22.6 Å². The molecule has 2 heterocycles. The first-order valence-corrected chi connectivity index (χ1v) is 7.69. The summed E-state index contributed by atoms with van der Waals surface area (Å²) in [5, 5.41) is 8.88. The van der Waals surface area contributed by atoms with Gasteiger partial charge in [-0.15, -0.1) is 10.2 Å². The molecule has 124 valence electrons. The third-order valence-corrected chi connectivity index (χ3v) is 4.08. The van der Waals surface area contributed by atoms with Crippen molar-refractivity contribution in [3.05, 3.63) is 70.3 Å². The minimum atomic E-state index is -0.118. The Labute approximate surface area is 142 Å². The SMILES string of the molecule is Cn1c(=O)c2ccccc2n2c(COc3ccc(C=O)cc3)nnc12. The molecule has 0 saturated carbocycles. The number of rotatable bonds is 4. The van der Waals surface area contributed by atoms with Gasteiger partial charge in [-0.25, -0.2) is 0 Å². The van der Waals surface area contributed by atoms with E-state index in [-0.39, 0.29) is 12.2 Å². The fourth-order valence-corrected chi connectivity index (χ4v) is 2.78. The van der Waals surface area contributed by atoms with E-state index in [0.29, 0.717) is 28.3 Å². The average molecular weight is 334 g/mol. The van der Waals surface area contributed by atoms with Crippen LogP contribution in [0.1, 0.15) is 16.2 Å². The second kappa shape index (κ2) is 5.86. The van der Waals surface area contributed by atoms with Crippen molar-refractivity contribution in [2.24, 2.45) is 7.05 Å². The molecule has 0 unspecified atom stereocenters. The molecule has 0 bridgehead atoms. The van der Waals surface area contributed by atoms with E-state index in [1.54, 1.807) is 37.4 Å². The quantitative estimate of drug-likeness (QED) is 0.533. The van der Waals surface area contributed by atoms with E-state index in [2.05, 4.69) is 10.2 Å². The molecule has 0 atom stereocenters. The zero-order valence-corrected chi connectivity index (χ0v) is 13.4. The lowest BCUT2D eigenvalue weighted by molar-refractivity contribution is 0.112. The van der Waals surface area contributed by atoms with E-state index >= 15 is 0 Å². The fraction of sp³-hybridized carbons (Fsp3) is 0.111. The first kappa shape index (κ1) is 15.1. The number of fused-ring (bicyclic) bond motifs is 3. The number of aryl methyl sites for hydroxylation is 1. The molecule has 0 radical (unpaired) electrons. The van der Waals surface area contributed by atoms with E-state index in [4.69, 9.17) is 4.74 Å². The zero-order valence-electron chi connectivity index (χ0n) is 13.4. The van der Waals surface area contributed by atoms with Gasteiger partial charge in [0.05, 0.1) is 10.9 Å². The first-order chi connectivity index (χ1) is 12.2. The normalized spacial score (nSPS) is 11.1. The van der Waals surface area contributed by atoms with Crippen LogP contribution in [0.5, 0.6) is 5.75 Å². The van der Waals surface area contributed by atoms with Crippen molar-refractivity contribution in [3.63, 3.8) is 0 Å². The van der Waals surface area contributed by atoms with Crippen molar-refractivity contribution in [2.75, 3.05) is 0 Å². The molecule has 0 amide bonds. The van der Waals surface area contributed by atoms with Crippen molar-refractivity contribution in [3.8, 4) is 5.75 Å². The first-order valence-electron chi connectivity index (χ1n) is 7.69. The van der Waals surface area contributed by atoms with Crippen molar-refractivity contribution < 1.29 is 9.53 Å². The molecule has 4 aromatic rings. The highest BCUT2D eigenvalue weighted by Crippen LogP contribution is 2.16. The molecular formula is C18H14N4O3. The third-order valence-electron chi connectivity index (χ3n) is 4.08. The average Bonchev–Trinajstić information content (AvgIpc) is 3.09. The highest BCUT2D eigenvalue weighted by atomic mass is 16.5. The monoisotopic (exact) mass is 334 g/mol. The Morgan fingerprint density at radius 2 is 1.84 bits per heavy atom. The summed E-state index contributed by atoms with van der Waals surface area (Å²) in [6.45, 7) is 0.184. The smallest absolute Gasteiger partial charge is 0.262 e. The number of aldehydes is 1. The van der Waals surface area contributed by atoms with Crippen LogP contribution in [0, 0.1) is 0 Å². The number of hydrogen-bond donors (Lipinski definition) is 0. The molecule has 2 aromatic heterocycles. The van der Waals surface area contributed by atoms with Gasteiger partial charge in [0.15, 0.2) is 5.82 Å². The second-order valence-corrected chi connectivity index (χ2v) is 5.61. The van der Waals surface area contributed by atoms with Crippen LogP contribution in [0.3, 0.4) is 0 Å². The topological polar surface area (TPSA) is 78.5 Å². The number of ether oxygens (including phenoxy) is 1. The van der Waals surface area contributed by atoms with Gasteiger partial charge in [-0.3, -0.25) is 18.6 Å². The predicted octanol–water partition coefficient (Wildman–Crippen LogP) is 1.97. The summed E-state index contributed by atoms with van der Waals surface area (Å²) < 4.78 is 9.04. The highest BCUT2D eigenvalue weighted by Gasteiger charge is 2.14. The Bertz CT molecular complexity index is 1140. The molecule has 2 aromatic carbocycles. The summed E-state index contributed by atoms with van der Waals surface area (Å²) in [6.07, 6.45) is 0.780. The van der Waals surface area contributed by atoms with Gasteiger partial charge in [-0.05, 0) is 36.4 Å². The summed E-state index contributed by atoms with van der Waals surface area (Å²) in [7, 11) is 1.67. The summed E-state index contributed by atoms with van der Waals surface area (Å²) in [5.41, 5.74) is 1.20. The van der Waals surface area contributed by atoms with Crippen molar-refractivity contribution >= 4 is 23.0 Å². The molecule has 4 rings (SSSR count). The van der Waals surface area contributed by atoms with E-state index in [1.165, 1.54) is 4.57 Å². The van der Waals surface area contributed by atoms with Crippen LogP contribution in [0.2, 0.25) is 0 Å². The van der Waals surface area contributed by atoms with Gasteiger partial charge in [0, 0.05) is 12.6 Å². The lowest BCUT2D eigenvalue weighted by Gasteiger charge is -2.09. The van der Waals surface area contributed by atoms with Gasteiger partial charge in [-0.1, -0.05) is 12.1 Å². The van der Waals surface area contributed by atoms with Crippen LogP contribution in [0.25, 0.3) is 16.7 Å². The van der Waals surface area contributed by atoms with Crippen molar-refractivity contribution in [1.29, 1.82) is 0 Å². The van der Waals surface area contributed by atoms with Crippen molar-refractivity contribution in [2.45, 2.75) is 6.61 Å². The molecule has 0 N–H and O–H groups in total. The van der Waals surface area contributed by atoms with E-state index < -0.39 is 0 Å². The van der Waals surface area contributed by atoms with E-state index in [9.17, 15) is 9.59 Å². The Hall–Kier alpha value is -3.48. The summed E-state index contributed by atoms with van der Waals surface area (Å²) in [4.78, 5) is 23.1. The van der Waals surface area contributed by atoms with Crippen molar-refractivity contribution in [1.82, 2.24) is 19.2 Å². The molecule has 25 heavy (non-hydrogen) atoms. The van der Waals surface area contributed by atoms with Gasteiger partial charge < -0.3 is 4.74 Å². The van der Waals surface area contributed by atoms with Crippen LogP contribution < -0.4 is 10.3 Å². The van der Waals surface area contributed by atoms with Crippen LogP contribution in [0.15, 0.2) is 53.3 Å². The van der Waals surface area contributed by atoms with Crippen LogP contribution in [-0.2, 0) is 13.7 Å². The molecule has 0 saturated heterocycles. The van der Waals surface area contributed by atoms with Gasteiger partial charge >= 0.3 is 0 Å². The Balaban J connectivity index is 1.77. The molecule has 7 nitrogen and oxygen atoms in total. The number of nitrogens with zero attached hydrogens (tertiary/aromatic N) is 4. The standard InChI is InChI=1S/C18H14N4O3/c1-21-17(24)14-4-2-3-5-15(14)22-16(19-20-18(21)22)11-25-13-8-6-12(10-23)7-9-13/h2-10H,11H2,1H3. The zero-order chi connectivity index (χ0) is 17.4. The Morgan fingerprint density at radius 1 is 1.08 bits per heavy atom. The molecule has 0 aliphatic rings. The highest BCUT2D eigenvalue weighted by molar-refractivity contribution is 5.80. The number of carbonyl (C=O) groups excluding carboxylic acids is 1. The largest absolute Gasteiger partial charge is 0.486 e. The van der Waals surface area contributed by atoms with Crippen LogP contribution in [0.4, 0.5) is 0 Å². The van der Waals surface area contributed by atoms with Gasteiger partial charge in [-0.2, -0.15) is 0 Å². The van der Waals surface area contributed by atoms with Gasteiger partial charge in [0.2, 0.25) is 5.78 Å². The molecular weight excluding hydrogens is 320 g/mol. The summed E-state index contributed by atoms with van der Waals surface area (Å²) in [5.74, 6) is 1.66. The minimum Gasteiger partial charge on any atom is -0.486 e. The maximum absolute atomic E-state index is 12.4.